The van der Waals surface area contributed by atoms with E-state index in [1.165, 1.54) is 11.8 Å². The molecule has 2 unspecified atom stereocenters. The molecule has 0 aromatic heterocycles. The summed E-state index contributed by atoms with van der Waals surface area (Å²) in [5.41, 5.74) is 0. The van der Waals surface area contributed by atoms with Crippen LogP contribution < -0.4 is 5.32 Å². The van der Waals surface area contributed by atoms with Gasteiger partial charge in [0.15, 0.2) is 0 Å². The molecule has 0 spiro atoms. The Hall–Kier alpha value is -0.220. The molecule has 1 aliphatic rings. The minimum Gasteiger partial charge on any atom is -0.480 e. The van der Waals surface area contributed by atoms with Gasteiger partial charge in [-0.25, -0.2) is 0 Å². The van der Waals surface area contributed by atoms with Crippen molar-refractivity contribution in [1.82, 2.24) is 5.32 Å². The Bertz CT molecular complexity index is 128. The summed E-state index contributed by atoms with van der Waals surface area (Å²) >= 11 is 1.46. The zero-order chi connectivity index (χ0) is 6.85. The average molecular weight is 147 g/mol. The Labute approximate surface area is 57.8 Å². The van der Waals surface area contributed by atoms with E-state index in [-0.39, 0.29) is 5.25 Å². The van der Waals surface area contributed by atoms with Crippen LogP contribution in [0.2, 0.25) is 0 Å². The van der Waals surface area contributed by atoms with E-state index in [1.807, 2.05) is 6.92 Å². The summed E-state index contributed by atoms with van der Waals surface area (Å²) in [4.78, 5) is 10.3. The Morgan fingerprint density at radius 2 is 2.56 bits per heavy atom. The summed E-state index contributed by atoms with van der Waals surface area (Å²) in [6, 6.07) is 0. The first kappa shape index (κ1) is 6.89. The molecule has 9 heavy (non-hydrogen) atoms. The third-order valence-electron chi connectivity index (χ3n) is 1.23. The Kier molecular flexibility index (Phi) is 1.97. The molecule has 1 fully saturated rings. The van der Waals surface area contributed by atoms with Gasteiger partial charge in [0.05, 0.1) is 5.37 Å². The lowest BCUT2D eigenvalue weighted by molar-refractivity contribution is -0.136. The van der Waals surface area contributed by atoms with Crippen LogP contribution in [0.5, 0.6) is 0 Å². The number of thioether (sulfide) groups is 1. The second kappa shape index (κ2) is 2.58. The summed E-state index contributed by atoms with van der Waals surface area (Å²) in [6.07, 6.45) is 0. The van der Waals surface area contributed by atoms with Gasteiger partial charge in [0.2, 0.25) is 0 Å². The molecule has 1 rings (SSSR count). The van der Waals surface area contributed by atoms with E-state index in [0.717, 1.165) is 0 Å². The molecular formula is C5H9NO2S. The summed E-state index contributed by atoms with van der Waals surface area (Å²) < 4.78 is 0. The summed E-state index contributed by atoms with van der Waals surface area (Å²) in [5, 5.41) is 11.6. The second-order valence-corrected chi connectivity index (χ2v) is 3.56. The largest absolute Gasteiger partial charge is 0.480 e. The zero-order valence-corrected chi connectivity index (χ0v) is 5.94. The highest BCUT2D eigenvalue weighted by molar-refractivity contribution is 8.01. The maximum absolute atomic E-state index is 10.3. The van der Waals surface area contributed by atoms with Gasteiger partial charge in [-0.1, -0.05) is 0 Å². The lowest BCUT2D eigenvalue weighted by Gasteiger charge is -1.98. The van der Waals surface area contributed by atoms with Crippen molar-refractivity contribution in [3.8, 4) is 0 Å². The van der Waals surface area contributed by atoms with Crippen molar-refractivity contribution in [1.29, 1.82) is 0 Å². The fraction of sp³-hybridized carbons (Fsp3) is 0.800. The van der Waals surface area contributed by atoms with E-state index in [0.29, 0.717) is 11.9 Å². The van der Waals surface area contributed by atoms with Gasteiger partial charge in [0.25, 0.3) is 0 Å². The first-order valence-electron chi connectivity index (χ1n) is 2.82. The summed E-state index contributed by atoms with van der Waals surface area (Å²) in [6.45, 7) is 2.56. The number of carboxylic acid groups (broad SMARTS) is 1. The van der Waals surface area contributed by atoms with Crippen LogP contribution in [-0.2, 0) is 4.79 Å². The predicted octanol–water partition coefficient (Wildman–Crippen LogP) is 0.122. The molecule has 4 heteroatoms. The molecule has 0 radical (unpaired) electrons. The molecule has 0 aliphatic carbocycles. The van der Waals surface area contributed by atoms with Gasteiger partial charge in [0.1, 0.15) is 5.25 Å². The van der Waals surface area contributed by atoms with E-state index < -0.39 is 5.97 Å². The maximum atomic E-state index is 10.3. The summed E-state index contributed by atoms with van der Waals surface area (Å²) in [7, 11) is 0. The van der Waals surface area contributed by atoms with Crippen LogP contribution in [-0.4, -0.2) is 28.2 Å². The fourth-order valence-corrected chi connectivity index (χ4v) is 1.76. The van der Waals surface area contributed by atoms with Crippen molar-refractivity contribution in [2.75, 3.05) is 6.54 Å². The third-order valence-corrected chi connectivity index (χ3v) is 2.51. The molecule has 0 aromatic carbocycles. The number of carbonyl (C=O) groups is 1. The standard InChI is InChI=1S/C5H9NO2S/c1-3-6-2-4(9-3)5(7)8/h3-4,6H,2H2,1H3,(H,7,8). The molecule has 2 N–H and O–H groups in total. The highest BCUT2D eigenvalue weighted by atomic mass is 32.2. The molecule has 2 atom stereocenters. The van der Waals surface area contributed by atoms with Gasteiger partial charge in [-0.15, -0.1) is 11.8 Å². The van der Waals surface area contributed by atoms with Crippen LogP contribution in [0.4, 0.5) is 0 Å². The molecule has 1 heterocycles. The quantitative estimate of drug-likeness (QED) is 0.553. The maximum Gasteiger partial charge on any atom is 0.317 e. The smallest absolute Gasteiger partial charge is 0.317 e. The molecule has 0 bridgehead atoms. The predicted molar refractivity (Wildman–Crippen MR) is 36.5 cm³/mol. The highest BCUT2D eigenvalue weighted by Crippen LogP contribution is 2.21. The van der Waals surface area contributed by atoms with Crippen molar-refractivity contribution in [3.63, 3.8) is 0 Å². The molecule has 1 aliphatic heterocycles. The van der Waals surface area contributed by atoms with Gasteiger partial charge in [-0.05, 0) is 6.92 Å². The van der Waals surface area contributed by atoms with Crippen LogP contribution in [0.15, 0.2) is 0 Å². The van der Waals surface area contributed by atoms with E-state index in [2.05, 4.69) is 5.32 Å². The van der Waals surface area contributed by atoms with Crippen molar-refractivity contribution in [3.05, 3.63) is 0 Å². The highest BCUT2D eigenvalue weighted by Gasteiger charge is 2.26. The number of nitrogens with one attached hydrogen (secondary N) is 1. The van der Waals surface area contributed by atoms with Gasteiger partial charge in [-0.3, -0.25) is 4.79 Å². The Morgan fingerprint density at radius 1 is 1.89 bits per heavy atom. The number of hydrogen-bond acceptors (Lipinski definition) is 3. The third kappa shape index (κ3) is 1.59. The van der Waals surface area contributed by atoms with Gasteiger partial charge >= 0.3 is 5.97 Å². The van der Waals surface area contributed by atoms with E-state index >= 15 is 0 Å². The van der Waals surface area contributed by atoms with E-state index in [1.54, 1.807) is 0 Å². The van der Waals surface area contributed by atoms with Crippen LogP contribution in [0.1, 0.15) is 6.92 Å². The second-order valence-electron chi connectivity index (χ2n) is 2.01. The first-order chi connectivity index (χ1) is 4.20. The zero-order valence-electron chi connectivity index (χ0n) is 5.13. The lowest BCUT2D eigenvalue weighted by Crippen LogP contribution is -2.22. The Morgan fingerprint density at radius 3 is 2.78 bits per heavy atom. The van der Waals surface area contributed by atoms with Crippen molar-refractivity contribution in [2.24, 2.45) is 0 Å². The molecule has 52 valence electrons. The van der Waals surface area contributed by atoms with E-state index in [9.17, 15) is 4.79 Å². The Balaban J connectivity index is 2.39. The normalized spacial score (nSPS) is 34.8. The molecule has 1 saturated heterocycles. The SMILES string of the molecule is CC1NCC(C(=O)O)S1. The average Bonchev–Trinajstić information content (AvgIpc) is 2.14. The van der Waals surface area contributed by atoms with Gasteiger partial charge in [0, 0.05) is 6.54 Å². The molecule has 3 nitrogen and oxygen atoms in total. The number of aliphatic carboxylic acids is 1. The van der Waals surface area contributed by atoms with Crippen LogP contribution in [0.25, 0.3) is 0 Å². The summed E-state index contributed by atoms with van der Waals surface area (Å²) in [5.74, 6) is -0.711. The lowest BCUT2D eigenvalue weighted by atomic mass is 10.4. The molecule has 0 aromatic rings. The fourth-order valence-electron chi connectivity index (χ4n) is 0.761. The molecule has 0 amide bonds. The van der Waals surface area contributed by atoms with Crippen LogP contribution in [0, 0.1) is 0 Å². The minimum atomic E-state index is -0.711. The molecule has 0 saturated carbocycles. The topological polar surface area (TPSA) is 49.3 Å². The first-order valence-corrected chi connectivity index (χ1v) is 3.76. The number of carboxylic acids is 1. The van der Waals surface area contributed by atoms with Crippen LogP contribution in [0.3, 0.4) is 0 Å². The number of rotatable bonds is 1. The van der Waals surface area contributed by atoms with Crippen LogP contribution >= 0.6 is 11.8 Å². The van der Waals surface area contributed by atoms with Crippen molar-refractivity contribution in [2.45, 2.75) is 17.5 Å². The van der Waals surface area contributed by atoms with Gasteiger partial charge in [-0.2, -0.15) is 0 Å². The van der Waals surface area contributed by atoms with Crippen molar-refractivity contribution >= 4 is 17.7 Å². The minimum absolute atomic E-state index is 0.236. The molecular weight excluding hydrogens is 138 g/mol. The van der Waals surface area contributed by atoms with E-state index in [4.69, 9.17) is 5.11 Å². The van der Waals surface area contributed by atoms with Gasteiger partial charge < -0.3 is 10.4 Å². The number of hydrogen-bond donors (Lipinski definition) is 2. The van der Waals surface area contributed by atoms with Crippen molar-refractivity contribution < 1.29 is 9.90 Å². The monoisotopic (exact) mass is 147 g/mol.